The van der Waals surface area contributed by atoms with Crippen molar-refractivity contribution in [3.8, 4) is 66.8 Å². The Balaban J connectivity index is 0.000000124. The van der Waals surface area contributed by atoms with E-state index in [2.05, 4.69) is 60.7 Å². The van der Waals surface area contributed by atoms with Crippen LogP contribution in [0.4, 0.5) is 114 Å². The summed E-state index contributed by atoms with van der Waals surface area (Å²) in [5, 5.41) is 13.7. The van der Waals surface area contributed by atoms with Gasteiger partial charge in [0.25, 0.3) is 0 Å². The lowest BCUT2D eigenvalue weighted by atomic mass is 9.85. The van der Waals surface area contributed by atoms with Gasteiger partial charge >= 0.3 is 12.4 Å². The first-order valence-corrected chi connectivity index (χ1v) is 37.0. The molecule has 0 saturated heterocycles. The average molecular weight is 1710 g/mol. The minimum absolute atomic E-state index is 0.0722. The maximum atomic E-state index is 15.1. The molecule has 0 amide bonds. The zero-order valence-corrected chi connectivity index (χ0v) is 61.8. The molecule has 21 rings (SSSR count). The van der Waals surface area contributed by atoms with E-state index < -0.39 is 162 Å². The SMILES string of the molecule is Fc1c(F)c(C(F)(F)F)c(F)c(F)c1-c1ccc2c3ccc(-c4c(F)c(F)c(C(F)(F)F)c(F)c4F)c4cccc(c5cccc1c52)c43.Fc1c(F)c(F)c(-c2ccc3c4ccc(-c5c(F)c(F)c(F)c(F)c5F)c5cccc(c6cccc2c63)c54)c(F)c1F.Fc1ccc(-c2ccc3c4cccc5c(-c6ccc(F)cc6)ccc(c6cccc2c63)c54)cc1. The summed E-state index contributed by atoms with van der Waals surface area (Å²) in [4.78, 5) is 0. The second-order valence-corrected chi connectivity index (χ2v) is 29.2. The largest absolute Gasteiger partial charge is 0.422 e. The van der Waals surface area contributed by atoms with E-state index in [1.165, 1.54) is 154 Å². The molecule has 0 unspecified atom stereocenters. The molecule has 0 atom stereocenters. The fourth-order valence-corrected chi connectivity index (χ4v) is 17.7. The summed E-state index contributed by atoms with van der Waals surface area (Å²) in [6, 6.07) is 61.8. The number of rotatable bonds is 6. The van der Waals surface area contributed by atoms with E-state index in [9.17, 15) is 96.6 Å². The van der Waals surface area contributed by atoms with E-state index in [1.54, 1.807) is 12.1 Å². The first-order chi connectivity index (χ1) is 59.2. The fourth-order valence-electron chi connectivity index (χ4n) is 17.7. The van der Waals surface area contributed by atoms with Crippen LogP contribution in [0.3, 0.4) is 0 Å². The van der Waals surface area contributed by atoms with Gasteiger partial charge in [-0.05, 0) is 198 Å². The summed E-state index contributed by atoms with van der Waals surface area (Å²) < 4.78 is 368. The van der Waals surface area contributed by atoms with Crippen LogP contribution in [0.15, 0.2) is 231 Å². The van der Waals surface area contributed by atoms with Gasteiger partial charge in [-0.25, -0.2) is 87.8 Å². The third-order valence-corrected chi connectivity index (χ3v) is 22.9. The quantitative estimate of drug-likeness (QED) is 0.0512. The lowest BCUT2D eigenvalue weighted by Gasteiger charge is -2.20. The van der Waals surface area contributed by atoms with Gasteiger partial charge < -0.3 is 0 Å². The van der Waals surface area contributed by atoms with Crippen LogP contribution >= 0.6 is 0 Å². The Morgan fingerprint density at radius 3 is 0.484 bits per heavy atom. The Bertz CT molecular complexity index is 7520. The number of fused-ring (bicyclic) bond motifs is 6. The summed E-state index contributed by atoms with van der Waals surface area (Å²) in [6.45, 7) is 0. The summed E-state index contributed by atoms with van der Waals surface area (Å²) in [5.74, 6) is -41.3. The molecule has 0 radical (unpaired) electrons. The van der Waals surface area contributed by atoms with Crippen molar-refractivity contribution >= 4 is 129 Å². The number of alkyl halides is 6. The van der Waals surface area contributed by atoms with Gasteiger partial charge in [-0.2, -0.15) is 26.3 Å². The molecule has 0 fully saturated rings. The van der Waals surface area contributed by atoms with Crippen LogP contribution in [-0.2, 0) is 12.4 Å². The third-order valence-electron chi connectivity index (χ3n) is 22.9. The molecule has 0 bridgehead atoms. The maximum absolute atomic E-state index is 15.1. The van der Waals surface area contributed by atoms with E-state index in [1.807, 2.05) is 24.3 Å². The molecule has 0 aliphatic rings. The molecule has 0 heterocycles. The molecule has 0 aromatic heterocycles. The van der Waals surface area contributed by atoms with Crippen molar-refractivity contribution in [2.24, 2.45) is 0 Å². The van der Waals surface area contributed by atoms with Crippen LogP contribution in [0.5, 0.6) is 0 Å². The van der Waals surface area contributed by atoms with Crippen LogP contribution in [0.25, 0.3) is 196 Å². The highest BCUT2D eigenvalue weighted by molar-refractivity contribution is 6.38. The van der Waals surface area contributed by atoms with Gasteiger partial charge in [0.1, 0.15) is 22.8 Å². The van der Waals surface area contributed by atoms with Gasteiger partial charge in [-0.15, -0.1) is 0 Å². The average Bonchev–Trinajstić information content (AvgIpc) is 0.711. The molecule has 21 aromatic rings. The predicted octanol–water partition coefficient (Wildman–Crippen LogP) is 32.0. The molecular formula is C98H38F26. The normalized spacial score (nSPS) is 12.3. The van der Waals surface area contributed by atoms with E-state index >= 15 is 17.6 Å². The second-order valence-electron chi connectivity index (χ2n) is 29.2. The van der Waals surface area contributed by atoms with Crippen molar-refractivity contribution in [1.82, 2.24) is 0 Å². The van der Waals surface area contributed by atoms with Crippen LogP contribution in [0.2, 0.25) is 0 Å². The molecule has 0 aliphatic carbocycles. The Morgan fingerprint density at radius 2 is 0.290 bits per heavy atom. The van der Waals surface area contributed by atoms with Crippen molar-refractivity contribution in [3.05, 3.63) is 358 Å². The molecule has 0 nitrogen and oxygen atoms in total. The molecular weight excluding hydrogens is 1670 g/mol. The minimum atomic E-state index is -5.76. The standard InChI is InChI=1S/C34H10F14.C32H10F10.C32H18F2/c35-25-21(26(36)30(40)23(29(25)39)33(43,44)45)17-9-7-15-16-8-10-18(22-27(37)31(41)24(34(46,47)48)32(42)28(22)38)14-6-2-4-12(20(14)16)11-3-1-5-13(17)19(11)15;33-23-21(24(34)28(38)31(41)27(23)37)17-9-7-15-16-8-10-18(22-25(35)29(39)32(42)30(40)26(22)36)14-6-2-4-12(20(14)16)11-3-1-5-13(17)19(11)15;33-21-11-7-19(8-12-21)23-15-18-30-28-6-2-4-26-24(20-9-13-22(34)14-10-20)16-17-29(32(26)28)27-5-1-3-25(23)31(27)30/h1-10H;1-10H;1-18H. The van der Waals surface area contributed by atoms with Crippen LogP contribution in [-0.4, -0.2) is 0 Å². The Kier molecular flexibility index (Phi) is 18.4. The topological polar surface area (TPSA) is 0 Å². The summed E-state index contributed by atoms with van der Waals surface area (Å²) in [5.41, 5.74) is -7.94. The maximum Gasteiger partial charge on any atom is 0.422 e. The van der Waals surface area contributed by atoms with Crippen molar-refractivity contribution < 1.29 is 114 Å². The number of hydrogen-bond donors (Lipinski definition) is 0. The van der Waals surface area contributed by atoms with Gasteiger partial charge in [0.15, 0.2) is 93.1 Å². The first-order valence-electron chi connectivity index (χ1n) is 37.0. The molecule has 0 N–H and O–H groups in total. The van der Waals surface area contributed by atoms with E-state index in [0.717, 1.165) is 45.2 Å². The van der Waals surface area contributed by atoms with Gasteiger partial charge in [0.2, 0.25) is 11.6 Å². The molecule has 0 aliphatic heterocycles. The van der Waals surface area contributed by atoms with E-state index in [0.29, 0.717) is 32.3 Å². The predicted molar refractivity (Wildman–Crippen MR) is 425 cm³/mol. The monoisotopic (exact) mass is 1710 g/mol. The Hall–Kier alpha value is -14.3. The van der Waals surface area contributed by atoms with Crippen molar-refractivity contribution in [1.29, 1.82) is 0 Å². The van der Waals surface area contributed by atoms with Crippen molar-refractivity contribution in [2.45, 2.75) is 12.4 Å². The van der Waals surface area contributed by atoms with Crippen LogP contribution in [0, 0.1) is 116 Å². The van der Waals surface area contributed by atoms with Crippen LogP contribution in [0.1, 0.15) is 11.1 Å². The second kappa shape index (κ2) is 28.7. The Morgan fingerprint density at radius 1 is 0.137 bits per heavy atom. The summed E-state index contributed by atoms with van der Waals surface area (Å²) >= 11 is 0. The highest BCUT2D eigenvalue weighted by Gasteiger charge is 2.45. The highest BCUT2D eigenvalue weighted by atomic mass is 19.4. The third kappa shape index (κ3) is 11.7. The van der Waals surface area contributed by atoms with E-state index in [4.69, 9.17) is 0 Å². The van der Waals surface area contributed by atoms with E-state index in [-0.39, 0.29) is 76.6 Å². The minimum Gasteiger partial charge on any atom is -0.207 e. The molecule has 26 heteroatoms. The molecule has 612 valence electrons. The molecule has 21 aromatic carbocycles. The van der Waals surface area contributed by atoms with Gasteiger partial charge in [-0.1, -0.05) is 206 Å². The lowest BCUT2D eigenvalue weighted by molar-refractivity contribution is -0.144. The van der Waals surface area contributed by atoms with Crippen molar-refractivity contribution in [3.63, 3.8) is 0 Å². The number of hydrogen-bond acceptors (Lipinski definition) is 0. The first kappa shape index (κ1) is 79.5. The van der Waals surface area contributed by atoms with Gasteiger partial charge in [0, 0.05) is 0 Å². The van der Waals surface area contributed by atoms with Gasteiger partial charge in [0.05, 0.1) is 22.3 Å². The smallest absolute Gasteiger partial charge is 0.207 e. The number of benzene rings is 21. The van der Waals surface area contributed by atoms with Crippen molar-refractivity contribution in [2.75, 3.05) is 0 Å². The molecule has 0 spiro atoms. The highest BCUT2D eigenvalue weighted by Crippen LogP contribution is 2.53. The molecule has 124 heavy (non-hydrogen) atoms. The summed E-state index contributed by atoms with van der Waals surface area (Å²) in [7, 11) is 0. The Labute approximate surface area is 677 Å². The molecule has 0 saturated carbocycles. The fraction of sp³-hybridized carbons (Fsp3) is 0.0204. The zero-order chi connectivity index (χ0) is 87.4. The zero-order valence-electron chi connectivity index (χ0n) is 61.8. The number of halogens is 26. The lowest BCUT2D eigenvalue weighted by Crippen LogP contribution is -2.16. The summed E-state index contributed by atoms with van der Waals surface area (Å²) in [6.07, 6.45) is -11.5. The van der Waals surface area contributed by atoms with Crippen LogP contribution < -0.4 is 0 Å². The van der Waals surface area contributed by atoms with Gasteiger partial charge in [-0.3, -0.25) is 0 Å².